The van der Waals surface area contributed by atoms with Crippen LogP contribution in [0.2, 0.25) is 0 Å². The molecule has 1 atom stereocenters. The number of ether oxygens (including phenoxy) is 2. The van der Waals surface area contributed by atoms with Crippen molar-refractivity contribution in [2.24, 2.45) is 0 Å². The van der Waals surface area contributed by atoms with Gasteiger partial charge in [0.2, 0.25) is 0 Å². The molecule has 0 spiro atoms. The Bertz CT molecular complexity index is 407. The first-order valence-electron chi connectivity index (χ1n) is 4.71. The third-order valence-electron chi connectivity index (χ3n) is 1.93. The minimum Gasteiger partial charge on any atom is -0.496 e. The number of rotatable bonds is 5. The Labute approximate surface area is 117 Å². The monoisotopic (exact) mass is 369 g/mol. The van der Waals surface area contributed by atoms with E-state index in [0.717, 1.165) is 0 Å². The van der Waals surface area contributed by atoms with Gasteiger partial charge in [-0.3, -0.25) is 9.59 Å². The largest absolute Gasteiger partial charge is 0.496 e. The topological polar surface area (TPSA) is 64.6 Å². The van der Waals surface area contributed by atoms with E-state index in [0.29, 0.717) is 10.6 Å². The summed E-state index contributed by atoms with van der Waals surface area (Å²) in [6.07, 6.45) is 0. The van der Waals surface area contributed by atoms with Crippen LogP contribution in [-0.2, 0) is 9.53 Å². The molecule has 1 unspecified atom stereocenters. The molecule has 0 aromatic carbocycles. The van der Waals surface area contributed by atoms with Gasteiger partial charge in [0.1, 0.15) is 9.67 Å². The SMILES string of the molecule is COC(=O)C(I)CNC(=O)c1cc(OC)cs1. The Morgan fingerprint density at radius 3 is 2.76 bits per heavy atom. The van der Waals surface area contributed by atoms with Gasteiger partial charge in [-0.1, -0.05) is 22.6 Å². The van der Waals surface area contributed by atoms with Crippen molar-refractivity contribution in [3.8, 4) is 5.75 Å². The van der Waals surface area contributed by atoms with Crippen LogP contribution < -0.4 is 10.1 Å². The predicted octanol–water partition coefficient (Wildman–Crippen LogP) is 1.46. The molecule has 0 saturated heterocycles. The van der Waals surface area contributed by atoms with Crippen LogP contribution in [0, 0.1) is 0 Å². The first-order valence-corrected chi connectivity index (χ1v) is 6.83. The number of thiophene rings is 1. The zero-order valence-electron chi connectivity index (χ0n) is 9.36. The summed E-state index contributed by atoms with van der Waals surface area (Å²) in [5.41, 5.74) is 0. The van der Waals surface area contributed by atoms with E-state index in [1.807, 2.05) is 22.6 Å². The first-order chi connectivity index (χ1) is 8.08. The molecular weight excluding hydrogens is 357 g/mol. The molecule has 1 N–H and O–H groups in total. The number of hydrogen-bond donors (Lipinski definition) is 1. The van der Waals surface area contributed by atoms with E-state index in [2.05, 4.69) is 10.1 Å². The van der Waals surface area contributed by atoms with Gasteiger partial charge in [-0.2, -0.15) is 0 Å². The zero-order chi connectivity index (χ0) is 12.8. The van der Waals surface area contributed by atoms with Crippen LogP contribution in [0.3, 0.4) is 0 Å². The van der Waals surface area contributed by atoms with Gasteiger partial charge < -0.3 is 14.8 Å². The van der Waals surface area contributed by atoms with Crippen molar-refractivity contribution in [1.82, 2.24) is 5.32 Å². The summed E-state index contributed by atoms with van der Waals surface area (Å²) < 4.78 is 9.15. The molecule has 1 aromatic heterocycles. The molecular formula is C10H12INO4S. The molecule has 1 heterocycles. The maximum atomic E-state index is 11.7. The third kappa shape index (κ3) is 4.15. The molecule has 0 aliphatic rings. The maximum Gasteiger partial charge on any atom is 0.320 e. The van der Waals surface area contributed by atoms with Crippen molar-refractivity contribution in [2.75, 3.05) is 20.8 Å². The molecule has 94 valence electrons. The summed E-state index contributed by atoms with van der Waals surface area (Å²) in [5.74, 6) is 0.0812. The van der Waals surface area contributed by atoms with Gasteiger partial charge >= 0.3 is 5.97 Å². The number of nitrogens with one attached hydrogen (secondary N) is 1. The van der Waals surface area contributed by atoms with E-state index in [1.165, 1.54) is 18.4 Å². The van der Waals surface area contributed by atoms with Gasteiger partial charge in [-0.25, -0.2) is 0 Å². The van der Waals surface area contributed by atoms with E-state index in [-0.39, 0.29) is 22.3 Å². The number of esters is 1. The quantitative estimate of drug-likeness (QED) is 0.485. The molecule has 0 aliphatic carbocycles. The van der Waals surface area contributed by atoms with Crippen LogP contribution >= 0.6 is 33.9 Å². The smallest absolute Gasteiger partial charge is 0.320 e. The maximum absolute atomic E-state index is 11.7. The predicted molar refractivity (Wildman–Crippen MR) is 73.0 cm³/mol. The highest BCUT2D eigenvalue weighted by Gasteiger charge is 2.17. The number of hydrogen-bond acceptors (Lipinski definition) is 5. The molecule has 0 radical (unpaired) electrons. The fourth-order valence-electron chi connectivity index (χ4n) is 1.03. The van der Waals surface area contributed by atoms with E-state index < -0.39 is 0 Å². The average Bonchev–Trinajstić information content (AvgIpc) is 2.83. The van der Waals surface area contributed by atoms with Gasteiger partial charge in [0.15, 0.2) is 0 Å². The summed E-state index contributed by atoms with van der Waals surface area (Å²) in [6, 6.07) is 1.65. The second-order valence-corrected chi connectivity index (χ2v) is 5.47. The van der Waals surface area contributed by atoms with Gasteiger partial charge in [-0.05, 0) is 0 Å². The molecule has 0 saturated carbocycles. The number of amides is 1. The lowest BCUT2D eigenvalue weighted by molar-refractivity contribution is -0.139. The van der Waals surface area contributed by atoms with Gasteiger partial charge in [0, 0.05) is 18.0 Å². The van der Waals surface area contributed by atoms with Crippen molar-refractivity contribution in [2.45, 2.75) is 3.92 Å². The van der Waals surface area contributed by atoms with Crippen molar-refractivity contribution < 1.29 is 19.1 Å². The van der Waals surface area contributed by atoms with Crippen LogP contribution in [0.25, 0.3) is 0 Å². The Balaban J connectivity index is 2.47. The molecule has 0 bridgehead atoms. The summed E-state index contributed by atoms with van der Waals surface area (Å²) in [5, 5.41) is 4.41. The lowest BCUT2D eigenvalue weighted by Gasteiger charge is -2.08. The van der Waals surface area contributed by atoms with Crippen LogP contribution in [0.15, 0.2) is 11.4 Å². The summed E-state index contributed by atoms with van der Waals surface area (Å²) in [4.78, 5) is 23.3. The molecule has 17 heavy (non-hydrogen) atoms. The zero-order valence-corrected chi connectivity index (χ0v) is 12.3. The summed E-state index contributed by atoms with van der Waals surface area (Å²) >= 11 is 3.21. The Hall–Kier alpha value is -0.830. The number of carbonyl (C=O) groups is 2. The van der Waals surface area contributed by atoms with Crippen molar-refractivity contribution in [1.29, 1.82) is 0 Å². The molecule has 1 rings (SSSR count). The minimum absolute atomic E-state index is 0.219. The second kappa shape index (κ2) is 6.80. The van der Waals surface area contributed by atoms with Gasteiger partial charge in [0.25, 0.3) is 5.91 Å². The van der Waals surface area contributed by atoms with Crippen molar-refractivity contribution in [3.63, 3.8) is 0 Å². The third-order valence-corrected chi connectivity index (χ3v) is 3.79. The summed E-state index contributed by atoms with van der Waals surface area (Å²) in [7, 11) is 2.86. The number of carbonyl (C=O) groups excluding carboxylic acids is 2. The lowest BCUT2D eigenvalue weighted by atomic mass is 10.4. The van der Waals surface area contributed by atoms with Crippen LogP contribution in [0.4, 0.5) is 0 Å². The van der Waals surface area contributed by atoms with E-state index in [9.17, 15) is 9.59 Å². The van der Waals surface area contributed by atoms with Crippen LogP contribution in [0.1, 0.15) is 9.67 Å². The Morgan fingerprint density at radius 1 is 1.53 bits per heavy atom. The number of alkyl halides is 1. The highest BCUT2D eigenvalue weighted by atomic mass is 127. The molecule has 1 aromatic rings. The molecule has 7 heteroatoms. The van der Waals surface area contributed by atoms with Crippen molar-refractivity contribution >= 4 is 45.8 Å². The molecule has 0 aliphatic heterocycles. The minimum atomic E-state index is -0.386. The average molecular weight is 369 g/mol. The number of methoxy groups -OCH3 is 2. The van der Waals surface area contributed by atoms with E-state index in [1.54, 1.807) is 18.6 Å². The van der Waals surface area contributed by atoms with Crippen LogP contribution in [-0.4, -0.2) is 36.6 Å². The van der Waals surface area contributed by atoms with E-state index in [4.69, 9.17) is 4.74 Å². The molecule has 0 fully saturated rings. The first kappa shape index (κ1) is 14.2. The van der Waals surface area contributed by atoms with Crippen molar-refractivity contribution in [3.05, 3.63) is 16.3 Å². The van der Waals surface area contributed by atoms with Gasteiger partial charge in [-0.15, -0.1) is 11.3 Å². The fourth-order valence-corrected chi connectivity index (χ4v) is 2.27. The normalized spacial score (nSPS) is 11.7. The molecule has 1 amide bonds. The second-order valence-electron chi connectivity index (χ2n) is 3.05. The Morgan fingerprint density at radius 2 is 2.24 bits per heavy atom. The van der Waals surface area contributed by atoms with E-state index >= 15 is 0 Å². The highest BCUT2D eigenvalue weighted by molar-refractivity contribution is 14.1. The highest BCUT2D eigenvalue weighted by Crippen LogP contribution is 2.20. The van der Waals surface area contributed by atoms with Gasteiger partial charge in [0.05, 0.1) is 19.1 Å². The standard InChI is InChI=1S/C10H12INO4S/c1-15-6-3-8(17-5-6)9(13)12-4-7(11)10(14)16-2/h3,5,7H,4H2,1-2H3,(H,12,13). The Kier molecular flexibility index (Phi) is 5.69. The van der Waals surface area contributed by atoms with Crippen LogP contribution in [0.5, 0.6) is 5.75 Å². The lowest BCUT2D eigenvalue weighted by Crippen LogP contribution is -2.33. The fraction of sp³-hybridized carbons (Fsp3) is 0.400. The molecule has 5 nitrogen and oxygen atoms in total. The summed E-state index contributed by atoms with van der Waals surface area (Å²) in [6.45, 7) is 0.242. The number of halogens is 1.